The Morgan fingerprint density at radius 3 is 2.69 bits per heavy atom. The molecule has 0 spiro atoms. The van der Waals surface area contributed by atoms with Gasteiger partial charge in [0.05, 0.1) is 6.61 Å². The predicted octanol–water partition coefficient (Wildman–Crippen LogP) is 3.82. The summed E-state index contributed by atoms with van der Waals surface area (Å²) < 4.78 is 6.29. The van der Waals surface area contributed by atoms with Gasteiger partial charge in [0.1, 0.15) is 0 Å². The number of anilines is 1. The van der Waals surface area contributed by atoms with Crippen molar-refractivity contribution >= 4 is 37.5 Å². The average molecular weight is 351 g/mol. The van der Waals surface area contributed by atoms with Crippen molar-refractivity contribution in [1.29, 1.82) is 0 Å². The van der Waals surface area contributed by atoms with Crippen LogP contribution in [0.15, 0.2) is 22.7 Å². The maximum atomic E-state index is 5.18. The summed E-state index contributed by atoms with van der Waals surface area (Å²) in [5.41, 5.74) is 2.52. The van der Waals surface area contributed by atoms with Gasteiger partial charge in [-0.05, 0) is 24.6 Å². The van der Waals surface area contributed by atoms with Crippen molar-refractivity contribution in [3.05, 3.63) is 28.2 Å². The third kappa shape index (κ3) is 3.47. The molecule has 1 aromatic rings. The molecule has 0 heterocycles. The number of alkyl halides is 1. The summed E-state index contributed by atoms with van der Waals surface area (Å²) in [4.78, 5) is 2.24. The van der Waals surface area contributed by atoms with Crippen LogP contribution in [0, 0.1) is 0 Å². The van der Waals surface area contributed by atoms with Crippen LogP contribution in [0.3, 0.4) is 0 Å². The molecule has 0 aliphatic rings. The van der Waals surface area contributed by atoms with E-state index in [1.54, 1.807) is 7.11 Å². The summed E-state index contributed by atoms with van der Waals surface area (Å²) in [7, 11) is 3.83. The zero-order valence-electron chi connectivity index (χ0n) is 9.84. The molecule has 0 N–H and O–H groups in total. The molecular weight excluding hydrogens is 334 g/mol. The minimum atomic E-state index is 0.358. The summed E-state index contributed by atoms with van der Waals surface area (Å²) in [6.45, 7) is 2.88. The Morgan fingerprint density at radius 2 is 2.12 bits per heavy atom. The highest BCUT2D eigenvalue weighted by molar-refractivity contribution is 9.10. The summed E-state index contributed by atoms with van der Waals surface area (Å²) in [6.07, 6.45) is 0. The number of methoxy groups -OCH3 is 1. The van der Waals surface area contributed by atoms with Crippen molar-refractivity contribution in [1.82, 2.24) is 0 Å². The number of ether oxygens (including phenoxy) is 1. The van der Waals surface area contributed by atoms with Crippen LogP contribution < -0.4 is 4.90 Å². The normalized spacial score (nSPS) is 12.6. The van der Waals surface area contributed by atoms with Gasteiger partial charge >= 0.3 is 0 Å². The molecule has 1 aromatic carbocycles. The van der Waals surface area contributed by atoms with Gasteiger partial charge in [0.15, 0.2) is 0 Å². The van der Waals surface area contributed by atoms with E-state index in [1.807, 2.05) is 0 Å². The number of halogens is 2. The zero-order valence-corrected chi connectivity index (χ0v) is 13.0. The lowest BCUT2D eigenvalue weighted by Gasteiger charge is -2.28. The van der Waals surface area contributed by atoms with E-state index in [0.717, 1.165) is 16.4 Å². The minimum Gasteiger partial charge on any atom is -0.383 e. The van der Waals surface area contributed by atoms with E-state index >= 15 is 0 Å². The first-order chi connectivity index (χ1) is 7.60. The first-order valence-corrected chi connectivity index (χ1v) is 7.07. The van der Waals surface area contributed by atoms with Crippen LogP contribution in [0.1, 0.15) is 12.5 Å². The van der Waals surface area contributed by atoms with Gasteiger partial charge in [-0.2, -0.15) is 0 Å². The van der Waals surface area contributed by atoms with Crippen molar-refractivity contribution in [3.63, 3.8) is 0 Å². The number of benzene rings is 1. The van der Waals surface area contributed by atoms with Crippen molar-refractivity contribution in [3.8, 4) is 0 Å². The molecule has 0 aliphatic carbocycles. The molecule has 1 unspecified atom stereocenters. The highest BCUT2D eigenvalue weighted by Gasteiger charge is 2.13. The van der Waals surface area contributed by atoms with Gasteiger partial charge in [0.2, 0.25) is 0 Å². The molecule has 1 atom stereocenters. The smallest absolute Gasteiger partial charge is 0.0663 e. The van der Waals surface area contributed by atoms with Gasteiger partial charge in [0.25, 0.3) is 0 Å². The van der Waals surface area contributed by atoms with E-state index in [0.29, 0.717) is 6.04 Å². The van der Waals surface area contributed by atoms with Crippen LogP contribution in [0.4, 0.5) is 5.69 Å². The first kappa shape index (κ1) is 14.0. The van der Waals surface area contributed by atoms with E-state index < -0.39 is 0 Å². The van der Waals surface area contributed by atoms with Gasteiger partial charge < -0.3 is 9.64 Å². The van der Waals surface area contributed by atoms with Crippen molar-refractivity contribution < 1.29 is 4.74 Å². The van der Waals surface area contributed by atoms with Gasteiger partial charge in [-0.3, -0.25) is 0 Å². The largest absolute Gasteiger partial charge is 0.383 e. The van der Waals surface area contributed by atoms with E-state index in [-0.39, 0.29) is 0 Å². The Balaban J connectivity index is 2.96. The molecule has 0 fully saturated rings. The number of hydrogen-bond donors (Lipinski definition) is 0. The Labute approximate surface area is 114 Å². The number of nitrogens with zero attached hydrogens (tertiary/aromatic N) is 1. The molecule has 1 rings (SSSR count). The Kier molecular flexibility index (Phi) is 5.79. The Bertz CT molecular complexity index is 344. The lowest BCUT2D eigenvalue weighted by atomic mass is 10.1. The van der Waals surface area contributed by atoms with Crippen molar-refractivity contribution in [2.45, 2.75) is 18.3 Å². The number of hydrogen-bond acceptors (Lipinski definition) is 2. The molecule has 0 saturated heterocycles. The zero-order chi connectivity index (χ0) is 12.1. The number of rotatable bonds is 5. The van der Waals surface area contributed by atoms with Gasteiger partial charge in [-0.15, -0.1) is 0 Å². The Hall–Kier alpha value is -0.0600. The fourth-order valence-corrected chi connectivity index (χ4v) is 2.39. The van der Waals surface area contributed by atoms with Crippen molar-refractivity contribution in [2.24, 2.45) is 0 Å². The molecule has 16 heavy (non-hydrogen) atoms. The molecule has 2 nitrogen and oxygen atoms in total. The standard InChI is InChI=1S/C12H17Br2NO/c1-9(8-16-3)15(2)12-6-11(14)5-4-10(12)7-13/h4-6,9H,7-8H2,1-3H3. The summed E-state index contributed by atoms with van der Waals surface area (Å²) >= 11 is 7.02. The molecule has 0 aromatic heterocycles. The molecule has 0 amide bonds. The fraction of sp³-hybridized carbons (Fsp3) is 0.500. The third-order valence-electron chi connectivity index (χ3n) is 2.64. The molecule has 0 aliphatic heterocycles. The molecule has 0 saturated carbocycles. The number of likely N-dealkylation sites (N-methyl/N-ethyl adjacent to an activating group) is 1. The van der Waals surface area contributed by atoms with E-state index in [4.69, 9.17) is 4.74 Å². The maximum absolute atomic E-state index is 5.18. The monoisotopic (exact) mass is 349 g/mol. The second kappa shape index (κ2) is 6.62. The van der Waals surface area contributed by atoms with Crippen LogP contribution in [0.2, 0.25) is 0 Å². The van der Waals surface area contributed by atoms with Gasteiger partial charge in [-0.1, -0.05) is 37.9 Å². The topological polar surface area (TPSA) is 12.5 Å². The molecular formula is C12H17Br2NO. The van der Waals surface area contributed by atoms with E-state index in [1.165, 1.54) is 11.3 Å². The third-order valence-corrected chi connectivity index (χ3v) is 3.74. The summed E-state index contributed by atoms with van der Waals surface area (Å²) in [5, 5.41) is 0.861. The second-order valence-electron chi connectivity index (χ2n) is 3.82. The quantitative estimate of drug-likeness (QED) is 0.748. The van der Waals surface area contributed by atoms with Gasteiger partial charge in [0, 0.05) is 35.7 Å². The van der Waals surface area contributed by atoms with E-state index in [2.05, 4.69) is 68.9 Å². The summed E-state index contributed by atoms with van der Waals surface area (Å²) in [5.74, 6) is 0. The van der Waals surface area contributed by atoms with Crippen LogP contribution in [0.5, 0.6) is 0 Å². The first-order valence-electron chi connectivity index (χ1n) is 5.16. The molecule has 0 bridgehead atoms. The minimum absolute atomic E-state index is 0.358. The summed E-state index contributed by atoms with van der Waals surface area (Å²) in [6, 6.07) is 6.69. The lowest BCUT2D eigenvalue weighted by Crippen LogP contribution is -2.33. The highest BCUT2D eigenvalue weighted by atomic mass is 79.9. The SMILES string of the molecule is COCC(C)N(C)c1cc(Br)ccc1CBr. The lowest BCUT2D eigenvalue weighted by molar-refractivity contribution is 0.183. The van der Waals surface area contributed by atoms with Crippen molar-refractivity contribution in [2.75, 3.05) is 25.7 Å². The molecule has 0 radical (unpaired) electrons. The average Bonchev–Trinajstić information content (AvgIpc) is 2.28. The predicted molar refractivity (Wildman–Crippen MR) is 76.5 cm³/mol. The fourth-order valence-electron chi connectivity index (χ4n) is 1.57. The van der Waals surface area contributed by atoms with Crippen LogP contribution in [-0.2, 0) is 10.1 Å². The van der Waals surface area contributed by atoms with E-state index in [9.17, 15) is 0 Å². The molecule has 4 heteroatoms. The van der Waals surface area contributed by atoms with Crippen LogP contribution in [-0.4, -0.2) is 26.8 Å². The second-order valence-corrected chi connectivity index (χ2v) is 5.30. The Morgan fingerprint density at radius 1 is 1.44 bits per heavy atom. The highest BCUT2D eigenvalue weighted by Crippen LogP contribution is 2.27. The van der Waals surface area contributed by atoms with Crippen LogP contribution >= 0.6 is 31.9 Å². The van der Waals surface area contributed by atoms with Gasteiger partial charge in [-0.25, -0.2) is 0 Å². The van der Waals surface area contributed by atoms with Crippen LogP contribution in [0.25, 0.3) is 0 Å². The maximum Gasteiger partial charge on any atom is 0.0663 e. The molecule has 90 valence electrons.